The van der Waals surface area contributed by atoms with Crippen LogP contribution in [0.2, 0.25) is 10.0 Å². The van der Waals surface area contributed by atoms with E-state index in [0.29, 0.717) is 32.3 Å². The van der Waals surface area contributed by atoms with Crippen molar-refractivity contribution in [3.05, 3.63) is 64.7 Å². The second-order valence-corrected chi connectivity index (χ2v) is 7.82. The highest BCUT2D eigenvalue weighted by Gasteiger charge is 2.25. The van der Waals surface area contributed by atoms with Gasteiger partial charge in [-0.3, -0.25) is 4.79 Å². The summed E-state index contributed by atoms with van der Waals surface area (Å²) in [5.74, 6) is -0.239. The van der Waals surface area contributed by atoms with Crippen molar-refractivity contribution < 1.29 is 19.4 Å². The molecule has 4 rings (SSSR count). The van der Waals surface area contributed by atoms with Crippen molar-refractivity contribution in [3.63, 3.8) is 0 Å². The maximum Gasteiger partial charge on any atom is 0.269 e. The molecule has 1 amide bonds. The van der Waals surface area contributed by atoms with E-state index in [4.69, 9.17) is 37.8 Å². The van der Waals surface area contributed by atoms with E-state index in [1.165, 1.54) is 29.5 Å². The number of benzene rings is 1. The van der Waals surface area contributed by atoms with Crippen LogP contribution >= 0.6 is 23.2 Å². The van der Waals surface area contributed by atoms with E-state index in [1.807, 2.05) is 0 Å². The number of amides is 1. The third kappa shape index (κ3) is 5.47. The molecule has 1 atom stereocenters. The Hall–Kier alpha value is -3.82. The Kier molecular flexibility index (Phi) is 7.69. The molecular weight excluding hydrogens is 497 g/mol. The van der Waals surface area contributed by atoms with Gasteiger partial charge in [0.2, 0.25) is 12.0 Å². The van der Waals surface area contributed by atoms with E-state index < -0.39 is 12.0 Å². The van der Waals surface area contributed by atoms with E-state index in [-0.39, 0.29) is 31.5 Å². The molecule has 0 spiro atoms. The number of carbonyl (C=O) groups is 1. The molecule has 3 aromatic heterocycles. The minimum absolute atomic E-state index is 0.00684. The van der Waals surface area contributed by atoms with Gasteiger partial charge >= 0.3 is 0 Å². The lowest BCUT2D eigenvalue weighted by Crippen LogP contribution is -2.37. The average molecular weight is 514 g/mol. The van der Waals surface area contributed by atoms with E-state index in [9.17, 15) is 10.1 Å². The molecule has 0 radical (unpaired) electrons. The number of aliphatic hydroxyl groups is 1. The Balaban J connectivity index is 1.65. The molecule has 1 aromatic carbocycles. The molecule has 178 valence electrons. The van der Waals surface area contributed by atoms with Gasteiger partial charge in [-0.15, -0.1) is 0 Å². The topological polar surface area (TPSA) is 148 Å². The maximum absolute atomic E-state index is 12.9. The molecule has 0 aliphatic rings. The van der Waals surface area contributed by atoms with Crippen molar-refractivity contribution in [2.45, 2.75) is 6.10 Å². The molecule has 0 aliphatic carbocycles. The largest absolute Gasteiger partial charge is 0.461 e. The lowest BCUT2D eigenvalue weighted by atomic mass is 10.2. The number of fused-ring (bicyclic) bond motifs is 1. The highest BCUT2D eigenvalue weighted by Crippen LogP contribution is 2.29. The summed E-state index contributed by atoms with van der Waals surface area (Å²) in [5, 5.41) is 26.6. The zero-order chi connectivity index (χ0) is 24.8. The van der Waals surface area contributed by atoms with Gasteiger partial charge in [-0.1, -0.05) is 29.3 Å². The third-order valence-electron chi connectivity index (χ3n) is 4.68. The predicted molar refractivity (Wildman–Crippen MR) is 127 cm³/mol. The summed E-state index contributed by atoms with van der Waals surface area (Å²) >= 11 is 12.2. The number of rotatable bonds is 9. The molecule has 3 heterocycles. The van der Waals surface area contributed by atoms with Gasteiger partial charge in [0.05, 0.1) is 41.6 Å². The van der Waals surface area contributed by atoms with Crippen LogP contribution in [0.5, 0.6) is 5.88 Å². The minimum atomic E-state index is -1.16. The molecule has 0 saturated carbocycles. The molecule has 0 bridgehead atoms. The summed E-state index contributed by atoms with van der Waals surface area (Å²) in [5.41, 5.74) is 0.966. The number of nitriles is 1. The first kappa shape index (κ1) is 24.3. The molecule has 2 N–H and O–H groups in total. The zero-order valence-electron chi connectivity index (χ0n) is 17.9. The number of aliphatic hydroxyl groups excluding tert-OH is 1. The second-order valence-electron chi connectivity index (χ2n) is 6.98. The normalized spacial score (nSPS) is 11.7. The number of anilines is 1. The van der Waals surface area contributed by atoms with Crippen molar-refractivity contribution >= 4 is 46.0 Å². The Labute approximate surface area is 208 Å². The van der Waals surface area contributed by atoms with Crippen LogP contribution in [-0.4, -0.2) is 61.7 Å². The van der Waals surface area contributed by atoms with Gasteiger partial charge in [0.25, 0.3) is 5.91 Å². The summed E-state index contributed by atoms with van der Waals surface area (Å²) in [7, 11) is 0. The number of carbonyl (C=O) groups excluding carboxylic acids is 1. The van der Waals surface area contributed by atoms with Gasteiger partial charge in [0.15, 0.2) is 5.65 Å². The van der Waals surface area contributed by atoms with Gasteiger partial charge in [-0.05, 0) is 24.3 Å². The van der Waals surface area contributed by atoms with Crippen molar-refractivity contribution in [2.75, 3.05) is 25.1 Å². The molecule has 35 heavy (non-hydrogen) atoms. The zero-order valence-corrected chi connectivity index (χ0v) is 19.4. The number of pyridine rings is 1. The fourth-order valence-electron chi connectivity index (χ4n) is 3.11. The van der Waals surface area contributed by atoms with E-state index >= 15 is 0 Å². The SMILES string of the molecule is N#Cc1cccc(Cl)c1-n1ncc2c(O[C@@H](COCCO)C(=O)Nc3ccc(Cl)cn3)ncnc21. The molecule has 13 heteroatoms. The molecule has 0 unspecified atom stereocenters. The standard InChI is InChI=1S/C22H17Cl2N7O4/c23-14-4-5-18(26-9-14)30-21(33)17(11-34-7-6-32)35-22-15-10-29-31(20(15)27-12-28-22)19-13(8-25)2-1-3-16(19)24/h1-5,9-10,12,17,32H,6-7,11H2,(H,26,30,33)/t17-/m0/s1. The Bertz CT molecular complexity index is 1390. The fourth-order valence-corrected chi connectivity index (χ4v) is 3.48. The number of hydrogen-bond donors (Lipinski definition) is 2. The van der Waals surface area contributed by atoms with Crippen LogP contribution in [0, 0.1) is 11.3 Å². The first-order valence-electron chi connectivity index (χ1n) is 10.2. The van der Waals surface area contributed by atoms with Gasteiger partial charge in [-0.2, -0.15) is 10.4 Å². The molecule has 4 aromatic rings. The van der Waals surface area contributed by atoms with Gasteiger partial charge in [-0.25, -0.2) is 19.6 Å². The molecule has 11 nitrogen and oxygen atoms in total. The van der Waals surface area contributed by atoms with Gasteiger partial charge < -0.3 is 19.9 Å². The van der Waals surface area contributed by atoms with E-state index in [1.54, 1.807) is 24.3 Å². The van der Waals surface area contributed by atoms with Gasteiger partial charge in [0, 0.05) is 6.20 Å². The minimum Gasteiger partial charge on any atom is -0.461 e. The average Bonchev–Trinajstić information content (AvgIpc) is 3.29. The highest BCUT2D eigenvalue weighted by molar-refractivity contribution is 6.32. The van der Waals surface area contributed by atoms with Crippen LogP contribution in [0.1, 0.15) is 5.56 Å². The number of para-hydroxylation sites is 1. The second kappa shape index (κ2) is 11.1. The lowest BCUT2D eigenvalue weighted by molar-refractivity contribution is -0.125. The smallest absolute Gasteiger partial charge is 0.269 e. The van der Waals surface area contributed by atoms with Crippen molar-refractivity contribution in [3.8, 4) is 17.6 Å². The summed E-state index contributed by atoms with van der Waals surface area (Å²) in [4.78, 5) is 25.4. The van der Waals surface area contributed by atoms with Crippen LogP contribution in [0.4, 0.5) is 5.82 Å². The Morgan fingerprint density at radius 2 is 2.06 bits per heavy atom. The quantitative estimate of drug-likeness (QED) is 0.322. The predicted octanol–water partition coefficient (Wildman–Crippen LogP) is 2.78. The number of nitrogens with zero attached hydrogens (tertiary/aromatic N) is 6. The molecule has 0 aliphatic heterocycles. The first-order valence-corrected chi connectivity index (χ1v) is 10.9. The van der Waals surface area contributed by atoms with Crippen LogP contribution in [-0.2, 0) is 9.53 Å². The molecule has 0 saturated heterocycles. The number of ether oxygens (including phenoxy) is 2. The fraction of sp³-hybridized carbons (Fsp3) is 0.182. The summed E-state index contributed by atoms with van der Waals surface area (Å²) in [6.07, 6.45) is 2.92. The molecule has 0 fully saturated rings. The van der Waals surface area contributed by atoms with Crippen LogP contribution in [0.15, 0.2) is 49.1 Å². The number of halogens is 2. The number of nitrogens with one attached hydrogen (secondary N) is 1. The highest BCUT2D eigenvalue weighted by atomic mass is 35.5. The van der Waals surface area contributed by atoms with Crippen LogP contribution in [0.25, 0.3) is 16.7 Å². The Morgan fingerprint density at radius 3 is 2.80 bits per heavy atom. The third-order valence-corrected chi connectivity index (χ3v) is 5.21. The lowest BCUT2D eigenvalue weighted by Gasteiger charge is -2.18. The van der Waals surface area contributed by atoms with Crippen LogP contribution in [0.3, 0.4) is 0 Å². The van der Waals surface area contributed by atoms with E-state index in [2.05, 4.69) is 31.4 Å². The van der Waals surface area contributed by atoms with Gasteiger partial charge in [0.1, 0.15) is 29.3 Å². The van der Waals surface area contributed by atoms with Crippen molar-refractivity contribution in [2.24, 2.45) is 0 Å². The number of aromatic nitrogens is 5. The summed E-state index contributed by atoms with van der Waals surface area (Å²) < 4.78 is 12.6. The monoisotopic (exact) mass is 513 g/mol. The number of hydrogen-bond acceptors (Lipinski definition) is 9. The Morgan fingerprint density at radius 1 is 1.20 bits per heavy atom. The first-order chi connectivity index (χ1) is 17.0. The van der Waals surface area contributed by atoms with Crippen molar-refractivity contribution in [1.29, 1.82) is 5.26 Å². The molecular formula is C22H17Cl2N7O4. The van der Waals surface area contributed by atoms with E-state index in [0.717, 1.165) is 0 Å². The summed E-state index contributed by atoms with van der Waals surface area (Å²) in [6, 6.07) is 10.1. The maximum atomic E-state index is 12.9. The van der Waals surface area contributed by atoms with Crippen LogP contribution < -0.4 is 10.1 Å². The summed E-state index contributed by atoms with van der Waals surface area (Å²) in [6.45, 7) is -0.397. The van der Waals surface area contributed by atoms with Crippen molar-refractivity contribution in [1.82, 2.24) is 24.7 Å².